The maximum Gasteiger partial charge on any atom is 0.408 e. The van der Waals surface area contributed by atoms with E-state index in [2.05, 4.69) is 16.0 Å². The maximum atomic E-state index is 13.1. The standard InChI is InChI=1S/C32H41N3O11/c1-32(2,3)46-31(42)35-22(18-19-10-14-21(15-11-19)45-26(29(39)40)28(38)34-20-12-13-20)27(37)33-16-5-6-17-44-24-9-7-8-23(36)25(24)30(41)43-4/h7-11,14-15,20,22,26,36H,5-6,12-13,16-18H2,1-4H3,(H,33,37)(H,34,38)(H,35,42)(H,39,40). The molecule has 5 N–H and O–H groups in total. The highest BCUT2D eigenvalue weighted by atomic mass is 16.6. The Morgan fingerprint density at radius 1 is 0.978 bits per heavy atom. The number of phenolic OH excluding ortho intramolecular Hbond substituents is 1. The summed E-state index contributed by atoms with van der Waals surface area (Å²) in [6.45, 7) is 5.54. The monoisotopic (exact) mass is 643 g/mol. The van der Waals surface area contributed by atoms with Crippen LogP contribution in [0.5, 0.6) is 17.2 Å². The van der Waals surface area contributed by atoms with Crippen LogP contribution in [0.4, 0.5) is 4.79 Å². The highest BCUT2D eigenvalue weighted by Crippen LogP contribution is 2.28. The van der Waals surface area contributed by atoms with E-state index in [1.807, 2.05) is 0 Å². The Balaban J connectivity index is 1.56. The van der Waals surface area contributed by atoms with Gasteiger partial charge in [-0.2, -0.15) is 0 Å². The van der Waals surface area contributed by atoms with Crippen molar-refractivity contribution in [1.29, 1.82) is 0 Å². The number of benzene rings is 2. The number of ether oxygens (including phenoxy) is 4. The summed E-state index contributed by atoms with van der Waals surface area (Å²) in [7, 11) is 1.20. The summed E-state index contributed by atoms with van der Waals surface area (Å²) in [5, 5.41) is 27.4. The second-order valence-electron chi connectivity index (χ2n) is 11.7. The lowest BCUT2D eigenvalue weighted by Gasteiger charge is -2.23. The van der Waals surface area contributed by atoms with Crippen molar-refractivity contribution >= 4 is 29.8 Å². The van der Waals surface area contributed by atoms with Crippen LogP contribution in [0, 0.1) is 0 Å². The summed E-state index contributed by atoms with van der Waals surface area (Å²) >= 11 is 0. The second-order valence-corrected chi connectivity index (χ2v) is 11.7. The Bertz CT molecular complexity index is 1380. The molecule has 2 unspecified atom stereocenters. The first kappa shape index (κ1) is 35.5. The van der Waals surface area contributed by atoms with Crippen LogP contribution in [0.15, 0.2) is 42.5 Å². The van der Waals surface area contributed by atoms with Crippen LogP contribution in [0.1, 0.15) is 62.4 Å². The van der Waals surface area contributed by atoms with Crippen LogP contribution in [-0.2, 0) is 30.3 Å². The van der Waals surface area contributed by atoms with Crippen LogP contribution in [0.3, 0.4) is 0 Å². The van der Waals surface area contributed by atoms with Crippen LogP contribution in [-0.4, -0.2) is 84.1 Å². The van der Waals surface area contributed by atoms with E-state index in [9.17, 15) is 34.2 Å². The molecule has 1 aliphatic rings. The first-order chi connectivity index (χ1) is 21.8. The molecule has 250 valence electrons. The number of carbonyl (C=O) groups is 5. The van der Waals surface area contributed by atoms with Gasteiger partial charge >= 0.3 is 18.0 Å². The zero-order valence-electron chi connectivity index (χ0n) is 26.3. The van der Waals surface area contributed by atoms with Crippen LogP contribution in [0.2, 0.25) is 0 Å². The molecule has 1 aliphatic carbocycles. The lowest BCUT2D eigenvalue weighted by molar-refractivity contribution is -0.151. The molecule has 0 saturated heterocycles. The summed E-state index contributed by atoms with van der Waals surface area (Å²) in [6.07, 6.45) is 0.186. The molecule has 2 aromatic carbocycles. The molecular formula is C32H41N3O11. The zero-order chi connectivity index (χ0) is 33.9. The van der Waals surface area contributed by atoms with Crippen LogP contribution in [0.25, 0.3) is 0 Å². The van der Waals surface area contributed by atoms with Crippen molar-refractivity contribution in [2.24, 2.45) is 0 Å². The number of rotatable bonds is 16. The van der Waals surface area contributed by atoms with Gasteiger partial charge in [0.15, 0.2) is 0 Å². The first-order valence-corrected chi connectivity index (χ1v) is 14.9. The predicted molar refractivity (Wildman–Crippen MR) is 164 cm³/mol. The summed E-state index contributed by atoms with van der Waals surface area (Å²) in [4.78, 5) is 61.5. The Hall–Kier alpha value is -5.01. The van der Waals surface area contributed by atoms with Gasteiger partial charge in [-0.25, -0.2) is 14.4 Å². The first-order valence-electron chi connectivity index (χ1n) is 14.9. The molecule has 3 rings (SSSR count). The molecule has 0 spiro atoms. The Morgan fingerprint density at radius 2 is 1.67 bits per heavy atom. The minimum atomic E-state index is -1.71. The molecule has 2 atom stereocenters. The fraction of sp³-hybridized carbons (Fsp3) is 0.469. The third-order valence-electron chi connectivity index (χ3n) is 6.53. The molecule has 0 radical (unpaired) electrons. The zero-order valence-corrected chi connectivity index (χ0v) is 26.3. The van der Waals surface area contributed by atoms with Crippen LogP contribution >= 0.6 is 0 Å². The van der Waals surface area contributed by atoms with E-state index < -0.39 is 47.6 Å². The fourth-order valence-electron chi connectivity index (χ4n) is 4.15. The number of hydrogen-bond acceptors (Lipinski definition) is 10. The van der Waals surface area contributed by atoms with Gasteiger partial charge in [0.2, 0.25) is 5.91 Å². The SMILES string of the molecule is COC(=O)c1c(O)cccc1OCCCCNC(=O)C(Cc1ccc(OC(C(=O)O)C(=O)NC2CC2)cc1)NC(=O)OC(C)(C)C. The number of carboxylic acids is 1. The molecule has 2 aromatic rings. The van der Waals surface area contributed by atoms with Crippen molar-refractivity contribution < 1.29 is 53.1 Å². The smallest absolute Gasteiger partial charge is 0.408 e. The van der Waals surface area contributed by atoms with Crippen molar-refractivity contribution in [3.8, 4) is 17.2 Å². The molecule has 14 heteroatoms. The number of nitrogens with one attached hydrogen (secondary N) is 3. The average molecular weight is 644 g/mol. The number of aliphatic carboxylic acids is 1. The van der Waals surface area contributed by atoms with Crippen molar-refractivity contribution in [2.45, 2.75) is 76.7 Å². The highest BCUT2D eigenvalue weighted by Gasteiger charge is 2.33. The molecule has 3 amide bonds. The summed E-state index contributed by atoms with van der Waals surface area (Å²) in [6, 6.07) is 9.56. The van der Waals surface area contributed by atoms with Gasteiger partial charge in [0.1, 0.15) is 34.5 Å². The third-order valence-corrected chi connectivity index (χ3v) is 6.53. The number of carbonyl (C=O) groups excluding carboxylic acids is 4. The number of hydrogen-bond donors (Lipinski definition) is 5. The van der Waals surface area contributed by atoms with E-state index >= 15 is 0 Å². The Morgan fingerprint density at radius 3 is 2.28 bits per heavy atom. The summed E-state index contributed by atoms with van der Waals surface area (Å²) in [5.41, 5.74) is -0.242. The number of unbranched alkanes of at least 4 members (excludes halogenated alkanes) is 1. The summed E-state index contributed by atoms with van der Waals surface area (Å²) < 4.78 is 21.1. The molecule has 1 fully saturated rings. The van der Waals surface area contributed by atoms with Gasteiger partial charge in [0.25, 0.3) is 12.0 Å². The van der Waals surface area contributed by atoms with Gasteiger partial charge in [-0.1, -0.05) is 18.2 Å². The normalized spacial score (nSPS) is 13.8. The fourth-order valence-corrected chi connectivity index (χ4v) is 4.15. The largest absolute Gasteiger partial charge is 0.507 e. The topological polar surface area (TPSA) is 199 Å². The maximum absolute atomic E-state index is 13.1. The number of alkyl carbamates (subject to hydrolysis) is 1. The number of amides is 3. The predicted octanol–water partition coefficient (Wildman–Crippen LogP) is 2.70. The number of methoxy groups -OCH3 is 1. The molecule has 0 bridgehead atoms. The summed E-state index contributed by atoms with van der Waals surface area (Å²) in [5.74, 6) is -3.28. The van der Waals surface area contributed by atoms with E-state index in [1.165, 1.54) is 37.4 Å². The van der Waals surface area contributed by atoms with Crippen molar-refractivity contribution in [3.05, 3.63) is 53.6 Å². The van der Waals surface area contributed by atoms with Crippen molar-refractivity contribution in [1.82, 2.24) is 16.0 Å². The van der Waals surface area contributed by atoms with Gasteiger partial charge < -0.3 is 45.1 Å². The molecule has 1 saturated carbocycles. The number of esters is 1. The Labute approximate surface area is 266 Å². The third kappa shape index (κ3) is 11.5. The molecule has 0 aromatic heterocycles. The van der Waals surface area contributed by atoms with Gasteiger partial charge in [-0.15, -0.1) is 0 Å². The van der Waals surface area contributed by atoms with E-state index in [0.717, 1.165) is 12.8 Å². The molecular weight excluding hydrogens is 602 g/mol. The quantitative estimate of drug-likeness (QED) is 0.102. The van der Waals surface area contributed by atoms with Gasteiger partial charge in [-0.3, -0.25) is 9.59 Å². The van der Waals surface area contributed by atoms with E-state index in [0.29, 0.717) is 18.4 Å². The molecule has 0 aliphatic heterocycles. The number of phenols is 1. The lowest BCUT2D eigenvalue weighted by atomic mass is 10.0. The molecule has 14 nitrogen and oxygen atoms in total. The number of aromatic hydroxyl groups is 1. The van der Waals surface area contributed by atoms with Gasteiger partial charge in [0, 0.05) is 19.0 Å². The van der Waals surface area contributed by atoms with Crippen LogP contribution < -0.4 is 25.4 Å². The van der Waals surface area contributed by atoms with E-state index in [4.69, 9.17) is 18.9 Å². The highest BCUT2D eigenvalue weighted by molar-refractivity contribution is 6.00. The number of carboxylic acid groups (broad SMARTS) is 1. The minimum Gasteiger partial charge on any atom is -0.507 e. The van der Waals surface area contributed by atoms with Crippen molar-refractivity contribution in [3.63, 3.8) is 0 Å². The van der Waals surface area contributed by atoms with Gasteiger partial charge in [0.05, 0.1) is 13.7 Å². The average Bonchev–Trinajstić information content (AvgIpc) is 3.80. The molecule has 0 heterocycles. The molecule has 46 heavy (non-hydrogen) atoms. The van der Waals surface area contributed by atoms with E-state index in [1.54, 1.807) is 32.9 Å². The Kier molecular flexibility index (Phi) is 12.6. The minimum absolute atomic E-state index is 0.0276. The second kappa shape index (κ2) is 16.3. The lowest BCUT2D eigenvalue weighted by Crippen LogP contribution is -2.49. The van der Waals surface area contributed by atoms with E-state index in [-0.39, 0.29) is 48.4 Å². The van der Waals surface area contributed by atoms with Crippen molar-refractivity contribution in [2.75, 3.05) is 20.3 Å². The van der Waals surface area contributed by atoms with Gasteiger partial charge in [-0.05, 0) is 76.3 Å².